The molecule has 2 heterocycles. The van der Waals surface area contributed by atoms with E-state index < -0.39 is 0 Å². The Bertz CT molecular complexity index is 319. The molecule has 0 saturated carbocycles. The van der Waals surface area contributed by atoms with Gasteiger partial charge in [-0.25, -0.2) is 4.39 Å². The van der Waals surface area contributed by atoms with E-state index in [-0.39, 0.29) is 5.82 Å². The Morgan fingerprint density at radius 1 is 1.36 bits per heavy atom. The molecule has 0 aliphatic carbocycles. The summed E-state index contributed by atoms with van der Waals surface area (Å²) in [6, 6.07) is 3.22. The normalized spacial score (nSPS) is 17.6. The summed E-state index contributed by atoms with van der Waals surface area (Å²) in [7, 11) is 0. The molecule has 0 bridgehead atoms. The molecule has 0 radical (unpaired) electrons. The average Bonchev–Trinajstić information content (AvgIpc) is 2.64. The van der Waals surface area contributed by atoms with Crippen LogP contribution >= 0.6 is 0 Å². The summed E-state index contributed by atoms with van der Waals surface area (Å²) >= 11 is 0. The van der Waals surface area contributed by atoms with Gasteiger partial charge in [-0.2, -0.15) is 0 Å². The molecule has 0 spiro atoms. The SMILES string of the molecule is Cc1ccc(F)c(CN2CCCC2)n1. The summed E-state index contributed by atoms with van der Waals surface area (Å²) in [5.41, 5.74) is 1.48. The van der Waals surface area contributed by atoms with Crippen molar-refractivity contribution in [1.29, 1.82) is 0 Å². The smallest absolute Gasteiger partial charge is 0.146 e. The molecule has 1 aliphatic rings. The van der Waals surface area contributed by atoms with Gasteiger partial charge < -0.3 is 0 Å². The zero-order valence-electron chi connectivity index (χ0n) is 8.46. The monoisotopic (exact) mass is 194 g/mol. The second kappa shape index (κ2) is 4.05. The van der Waals surface area contributed by atoms with Gasteiger partial charge in [0.1, 0.15) is 5.82 Å². The fraction of sp³-hybridized carbons (Fsp3) is 0.545. The second-order valence-electron chi connectivity index (χ2n) is 3.86. The van der Waals surface area contributed by atoms with Gasteiger partial charge in [0.15, 0.2) is 0 Å². The summed E-state index contributed by atoms with van der Waals surface area (Å²) in [6.07, 6.45) is 2.46. The fourth-order valence-electron chi connectivity index (χ4n) is 1.86. The quantitative estimate of drug-likeness (QED) is 0.717. The third kappa shape index (κ3) is 2.10. The van der Waals surface area contributed by atoms with Crippen molar-refractivity contribution in [2.24, 2.45) is 0 Å². The predicted molar refractivity (Wildman–Crippen MR) is 53.4 cm³/mol. The zero-order chi connectivity index (χ0) is 9.97. The van der Waals surface area contributed by atoms with Crippen LogP contribution in [0.1, 0.15) is 24.2 Å². The zero-order valence-corrected chi connectivity index (χ0v) is 8.46. The van der Waals surface area contributed by atoms with E-state index in [1.54, 1.807) is 6.07 Å². The number of rotatable bonds is 2. The van der Waals surface area contributed by atoms with Crippen molar-refractivity contribution in [3.63, 3.8) is 0 Å². The highest BCUT2D eigenvalue weighted by Gasteiger charge is 2.14. The molecular weight excluding hydrogens is 179 g/mol. The van der Waals surface area contributed by atoms with Gasteiger partial charge in [-0.15, -0.1) is 0 Å². The highest BCUT2D eigenvalue weighted by molar-refractivity contribution is 5.12. The molecule has 76 valence electrons. The molecule has 0 atom stereocenters. The van der Waals surface area contributed by atoms with Crippen molar-refractivity contribution in [1.82, 2.24) is 9.88 Å². The number of likely N-dealkylation sites (tertiary alicyclic amines) is 1. The van der Waals surface area contributed by atoms with E-state index in [1.807, 2.05) is 6.92 Å². The van der Waals surface area contributed by atoms with Gasteiger partial charge in [0.25, 0.3) is 0 Å². The molecule has 0 amide bonds. The van der Waals surface area contributed by atoms with Crippen LogP contribution in [0.15, 0.2) is 12.1 Å². The summed E-state index contributed by atoms with van der Waals surface area (Å²) in [6.45, 7) is 4.71. The van der Waals surface area contributed by atoms with Gasteiger partial charge in [0.05, 0.1) is 5.69 Å². The van der Waals surface area contributed by atoms with Crippen molar-refractivity contribution >= 4 is 0 Å². The number of hydrogen-bond donors (Lipinski definition) is 0. The first-order chi connectivity index (χ1) is 6.75. The Kier molecular flexibility index (Phi) is 2.77. The highest BCUT2D eigenvalue weighted by atomic mass is 19.1. The first-order valence-electron chi connectivity index (χ1n) is 5.10. The van der Waals surface area contributed by atoms with Gasteiger partial charge in [-0.3, -0.25) is 9.88 Å². The van der Waals surface area contributed by atoms with Crippen molar-refractivity contribution < 1.29 is 4.39 Å². The highest BCUT2D eigenvalue weighted by Crippen LogP contribution is 2.13. The van der Waals surface area contributed by atoms with E-state index in [0.717, 1.165) is 18.8 Å². The Labute approximate surface area is 83.8 Å². The lowest BCUT2D eigenvalue weighted by atomic mass is 10.3. The molecule has 0 N–H and O–H groups in total. The predicted octanol–water partition coefficient (Wildman–Crippen LogP) is 2.12. The number of aryl methyl sites for hydroxylation is 1. The maximum Gasteiger partial charge on any atom is 0.146 e. The minimum Gasteiger partial charge on any atom is -0.297 e. The van der Waals surface area contributed by atoms with E-state index >= 15 is 0 Å². The first-order valence-corrected chi connectivity index (χ1v) is 5.10. The van der Waals surface area contributed by atoms with Gasteiger partial charge in [-0.1, -0.05) is 0 Å². The molecule has 3 heteroatoms. The number of hydrogen-bond acceptors (Lipinski definition) is 2. The van der Waals surface area contributed by atoms with E-state index in [9.17, 15) is 4.39 Å². The fourth-order valence-corrected chi connectivity index (χ4v) is 1.86. The summed E-state index contributed by atoms with van der Waals surface area (Å²) in [5, 5.41) is 0. The minimum absolute atomic E-state index is 0.178. The third-order valence-corrected chi connectivity index (χ3v) is 2.63. The van der Waals surface area contributed by atoms with Crippen LogP contribution in [0.5, 0.6) is 0 Å². The lowest BCUT2D eigenvalue weighted by Gasteiger charge is -2.14. The molecule has 1 saturated heterocycles. The lowest BCUT2D eigenvalue weighted by Crippen LogP contribution is -2.20. The molecule has 1 aromatic heterocycles. The van der Waals surface area contributed by atoms with Crippen molar-refractivity contribution in [3.05, 3.63) is 29.3 Å². The summed E-state index contributed by atoms with van der Waals surface area (Å²) in [4.78, 5) is 6.47. The third-order valence-electron chi connectivity index (χ3n) is 2.63. The van der Waals surface area contributed by atoms with Gasteiger partial charge in [-0.05, 0) is 45.0 Å². The van der Waals surface area contributed by atoms with E-state index in [4.69, 9.17) is 0 Å². The largest absolute Gasteiger partial charge is 0.297 e. The number of halogens is 1. The maximum absolute atomic E-state index is 13.3. The van der Waals surface area contributed by atoms with Crippen LogP contribution in [-0.4, -0.2) is 23.0 Å². The molecule has 1 aliphatic heterocycles. The molecule has 2 rings (SSSR count). The standard InChI is InChI=1S/C11H15FN2/c1-9-4-5-10(12)11(13-9)8-14-6-2-3-7-14/h4-5H,2-3,6-8H2,1H3. The Morgan fingerprint density at radius 3 is 2.79 bits per heavy atom. The number of aromatic nitrogens is 1. The second-order valence-corrected chi connectivity index (χ2v) is 3.86. The molecule has 0 unspecified atom stereocenters. The van der Waals surface area contributed by atoms with Gasteiger partial charge >= 0.3 is 0 Å². The summed E-state index contributed by atoms with van der Waals surface area (Å²) in [5.74, 6) is -0.178. The van der Waals surface area contributed by atoms with Crippen LogP contribution < -0.4 is 0 Å². The minimum atomic E-state index is -0.178. The van der Waals surface area contributed by atoms with Crippen molar-refractivity contribution in [2.75, 3.05) is 13.1 Å². The Hall–Kier alpha value is -0.960. The molecule has 1 aromatic rings. The maximum atomic E-state index is 13.3. The van der Waals surface area contributed by atoms with Gasteiger partial charge in [0.2, 0.25) is 0 Å². The average molecular weight is 194 g/mol. The van der Waals surface area contributed by atoms with Crippen LogP contribution in [0.3, 0.4) is 0 Å². The van der Waals surface area contributed by atoms with Crippen LogP contribution in [-0.2, 0) is 6.54 Å². The van der Waals surface area contributed by atoms with Gasteiger partial charge in [0, 0.05) is 12.2 Å². The molecule has 14 heavy (non-hydrogen) atoms. The lowest BCUT2D eigenvalue weighted by molar-refractivity contribution is 0.320. The Balaban J connectivity index is 2.10. The Morgan fingerprint density at radius 2 is 2.07 bits per heavy atom. The molecule has 0 aromatic carbocycles. The molecule has 1 fully saturated rings. The number of nitrogens with zero attached hydrogens (tertiary/aromatic N) is 2. The first kappa shape index (κ1) is 9.59. The van der Waals surface area contributed by atoms with Crippen LogP contribution in [0.4, 0.5) is 4.39 Å². The van der Waals surface area contributed by atoms with Crippen LogP contribution in [0.25, 0.3) is 0 Å². The topological polar surface area (TPSA) is 16.1 Å². The van der Waals surface area contributed by atoms with E-state index in [0.29, 0.717) is 12.2 Å². The van der Waals surface area contributed by atoms with Crippen LogP contribution in [0.2, 0.25) is 0 Å². The van der Waals surface area contributed by atoms with Crippen molar-refractivity contribution in [3.8, 4) is 0 Å². The summed E-state index contributed by atoms with van der Waals surface area (Å²) < 4.78 is 13.3. The molecular formula is C11H15FN2. The number of pyridine rings is 1. The van der Waals surface area contributed by atoms with E-state index in [1.165, 1.54) is 18.9 Å². The van der Waals surface area contributed by atoms with E-state index in [2.05, 4.69) is 9.88 Å². The van der Waals surface area contributed by atoms with Crippen molar-refractivity contribution in [2.45, 2.75) is 26.3 Å². The molecule has 2 nitrogen and oxygen atoms in total. The van der Waals surface area contributed by atoms with Crippen LogP contribution in [0, 0.1) is 12.7 Å².